The molecule has 14 heavy (non-hydrogen) atoms. The van der Waals surface area contributed by atoms with E-state index >= 15 is 0 Å². The van der Waals surface area contributed by atoms with Crippen molar-refractivity contribution in [3.63, 3.8) is 0 Å². The first-order valence-corrected chi connectivity index (χ1v) is 3.61. The second kappa shape index (κ2) is 10.6. The molecule has 8 heteroatoms. The van der Waals surface area contributed by atoms with Crippen LogP contribution in [0.5, 0.6) is 0 Å². The topological polar surface area (TPSA) is 58.6 Å². The van der Waals surface area contributed by atoms with Crippen LogP contribution in [0, 0.1) is 0 Å². The van der Waals surface area contributed by atoms with Crippen LogP contribution in [0.3, 0.4) is 0 Å². The molecule has 0 saturated heterocycles. The van der Waals surface area contributed by atoms with Crippen molar-refractivity contribution < 1.29 is 78.5 Å². The van der Waals surface area contributed by atoms with Crippen molar-refractivity contribution in [1.82, 2.24) is 0 Å². The monoisotopic (exact) mass is 252 g/mol. The molecule has 0 aromatic carbocycles. The number of ether oxygens (including phenoxy) is 2. The Morgan fingerprint density at radius 3 is 1.93 bits per heavy atom. The molecule has 0 rings (SSSR count). The van der Waals surface area contributed by atoms with E-state index in [4.69, 9.17) is 0 Å². The van der Waals surface area contributed by atoms with Crippen LogP contribution in [0.4, 0.5) is 0 Å². The van der Waals surface area contributed by atoms with Gasteiger partial charge in [0.1, 0.15) is 0 Å². The number of carbonyl (C=O) groups excluding carboxylic acids is 1. The number of thiocarbonyl (C=S) groups is 1. The summed E-state index contributed by atoms with van der Waals surface area (Å²) < 4.78 is 8.28. The first-order chi connectivity index (χ1) is 5.54. The van der Waals surface area contributed by atoms with Gasteiger partial charge >= 0.3 is 65.1 Å². The zero-order chi connectivity index (χ0) is 9.72. The summed E-state index contributed by atoms with van der Waals surface area (Å²) in [5, 5.41) is 10.8. The summed E-state index contributed by atoms with van der Waals surface area (Å²) in [7, 11) is 2.25. The van der Waals surface area contributed by atoms with E-state index in [0.29, 0.717) is 0 Å². The van der Waals surface area contributed by atoms with Crippen LogP contribution in [0.2, 0.25) is 0 Å². The Balaban J connectivity index is -0.000000605. The van der Waals surface area contributed by atoms with E-state index in [1.807, 2.05) is 0 Å². The van der Waals surface area contributed by atoms with Crippen LogP contribution in [-0.2, 0) is 26.9 Å². The van der Waals surface area contributed by atoms with Gasteiger partial charge in [-0.3, -0.25) is 0 Å². The van der Waals surface area contributed by atoms with Crippen LogP contribution in [0.1, 0.15) is 0 Å². The van der Waals surface area contributed by atoms with E-state index in [2.05, 4.69) is 34.3 Å². The predicted octanol–water partition coefficient (Wildman–Crippen LogP) is -6.74. The quantitative estimate of drug-likeness (QED) is 0.124. The zero-order valence-corrected chi connectivity index (χ0v) is 14.1. The van der Waals surface area contributed by atoms with Crippen molar-refractivity contribution in [2.45, 2.75) is 0 Å². The molecular formula is C6H6Na2O4S2. The van der Waals surface area contributed by atoms with Crippen molar-refractivity contribution in [2.24, 2.45) is 0 Å². The van der Waals surface area contributed by atoms with Gasteiger partial charge in [-0.25, -0.2) is 4.79 Å². The minimum absolute atomic E-state index is 0. The number of esters is 1. The molecule has 0 bridgehead atoms. The van der Waals surface area contributed by atoms with E-state index in [1.54, 1.807) is 0 Å². The van der Waals surface area contributed by atoms with Gasteiger partial charge in [-0.1, -0.05) is 0 Å². The van der Waals surface area contributed by atoms with Gasteiger partial charge in [-0.05, 0) is 7.11 Å². The molecule has 0 fully saturated rings. The maximum absolute atomic E-state index is 10.8. The summed E-state index contributed by atoms with van der Waals surface area (Å²) in [4.78, 5) is 10.8. The largest absolute Gasteiger partial charge is 1.00 e. The van der Waals surface area contributed by atoms with E-state index in [0.717, 1.165) is 14.2 Å². The van der Waals surface area contributed by atoms with E-state index in [1.165, 1.54) is 0 Å². The molecule has 0 amide bonds. The van der Waals surface area contributed by atoms with Gasteiger partial charge in [-0.2, -0.15) is 0 Å². The number of rotatable bonds is 3. The smallest absolute Gasteiger partial charge is 0.616 e. The third kappa shape index (κ3) is 6.58. The number of hydrogen-bond acceptors (Lipinski definition) is 6. The Morgan fingerprint density at radius 1 is 1.29 bits per heavy atom. The molecule has 0 aliphatic heterocycles. The third-order valence-corrected chi connectivity index (χ3v) is 1.39. The minimum atomic E-state index is -0.873. The van der Waals surface area contributed by atoms with Crippen molar-refractivity contribution in [3.05, 3.63) is 11.5 Å². The molecule has 0 aliphatic rings. The van der Waals surface area contributed by atoms with Crippen LogP contribution in [0.25, 0.3) is 0 Å². The fourth-order valence-corrected chi connectivity index (χ4v) is 0.787. The van der Waals surface area contributed by atoms with Gasteiger partial charge in [0, 0.05) is 0 Å². The van der Waals surface area contributed by atoms with Gasteiger partial charge < -0.3 is 39.4 Å². The molecule has 0 atom stereocenters. The van der Waals surface area contributed by atoms with Gasteiger partial charge in [0.25, 0.3) is 0 Å². The standard InChI is InChI=1S/C6H8O4S2.2Na/c1-9-4(7)3(6(11)12)5(8)10-2;;/h7H,1-2H3,(H,11,12);;/q;2*+1/p-2. The molecule has 0 unspecified atom stereocenters. The first-order valence-electron chi connectivity index (χ1n) is 2.79. The average molecular weight is 252 g/mol. The molecule has 0 aromatic heterocycles. The fraction of sp³-hybridized carbons (Fsp3) is 0.333. The Labute approximate surface area is 137 Å². The molecule has 0 aromatic rings. The second-order valence-corrected chi connectivity index (χ2v) is 2.72. The van der Waals surface area contributed by atoms with Gasteiger partial charge in [0.15, 0.2) is 0 Å². The normalized spacial score (nSPS) is 9.86. The number of carbonyl (C=O) groups is 1. The molecular weight excluding hydrogens is 246 g/mol. The zero-order valence-electron chi connectivity index (χ0n) is 8.45. The van der Waals surface area contributed by atoms with Gasteiger partial charge in [-0.15, -0.1) is 4.20 Å². The molecule has 4 nitrogen and oxygen atoms in total. The molecule has 0 spiro atoms. The second-order valence-electron chi connectivity index (χ2n) is 1.65. The van der Waals surface area contributed by atoms with Gasteiger partial charge in [0.05, 0.1) is 18.6 Å². The minimum Gasteiger partial charge on any atom is -0.616 e. The summed E-state index contributed by atoms with van der Waals surface area (Å²) in [5.41, 5.74) is -0.412. The summed E-state index contributed by atoms with van der Waals surface area (Å²) in [6, 6.07) is 0. The predicted molar refractivity (Wildman–Crippen MR) is 46.0 cm³/mol. The van der Waals surface area contributed by atoms with E-state index in [9.17, 15) is 9.90 Å². The van der Waals surface area contributed by atoms with Crippen LogP contribution >= 0.6 is 12.2 Å². The van der Waals surface area contributed by atoms with E-state index in [-0.39, 0.29) is 63.3 Å². The average Bonchev–Trinajstić information content (AvgIpc) is 2.03. The summed E-state index contributed by atoms with van der Waals surface area (Å²) >= 11 is 8.96. The summed E-state index contributed by atoms with van der Waals surface area (Å²) in [6.45, 7) is 0. The SMILES string of the molecule is COC(=O)C(C(=S)[S-])=C([O-])OC.[Na+].[Na+]. The first kappa shape index (κ1) is 20.5. The maximum Gasteiger partial charge on any atom is 1.00 e. The summed E-state index contributed by atoms with van der Waals surface area (Å²) in [6.07, 6.45) is 0. The third-order valence-electron chi connectivity index (χ3n) is 0.983. The van der Waals surface area contributed by atoms with Crippen LogP contribution in [0.15, 0.2) is 11.5 Å². The van der Waals surface area contributed by atoms with Gasteiger partial charge in [0.2, 0.25) is 0 Å². The maximum atomic E-state index is 10.8. The Kier molecular flexibility index (Phi) is 15.6. The molecule has 68 valence electrons. The fourth-order valence-electron chi connectivity index (χ4n) is 0.454. The Bertz CT molecular complexity index is 242. The number of methoxy groups -OCH3 is 2. The Morgan fingerprint density at radius 2 is 1.71 bits per heavy atom. The van der Waals surface area contributed by atoms with Crippen LogP contribution < -0.4 is 64.2 Å². The summed E-state index contributed by atoms with van der Waals surface area (Å²) in [5.74, 6) is -1.75. The molecule has 0 heterocycles. The number of hydrogen-bond donors (Lipinski definition) is 0. The van der Waals surface area contributed by atoms with Crippen molar-refractivity contribution in [3.8, 4) is 0 Å². The van der Waals surface area contributed by atoms with Crippen LogP contribution in [-0.4, -0.2) is 24.4 Å². The molecule has 0 aliphatic carbocycles. The Hall–Kier alpha value is 1.12. The van der Waals surface area contributed by atoms with Crippen molar-refractivity contribution >= 4 is 35.0 Å². The molecule has 0 radical (unpaired) electrons. The molecule has 0 saturated carbocycles. The van der Waals surface area contributed by atoms with Crippen molar-refractivity contribution in [1.29, 1.82) is 0 Å². The molecule has 0 N–H and O–H groups in total. The van der Waals surface area contributed by atoms with Crippen molar-refractivity contribution in [2.75, 3.05) is 14.2 Å². The van der Waals surface area contributed by atoms with E-state index < -0.39 is 17.5 Å².